The van der Waals surface area contributed by atoms with E-state index >= 15 is 0 Å². The van der Waals surface area contributed by atoms with Gasteiger partial charge in [0.2, 0.25) is 0 Å². The lowest BCUT2D eigenvalue weighted by molar-refractivity contribution is 0.211. The molecular formula is C13H16N4O2. The van der Waals surface area contributed by atoms with Crippen LogP contribution in [0.1, 0.15) is 18.2 Å². The van der Waals surface area contributed by atoms with Gasteiger partial charge in [0.15, 0.2) is 5.75 Å². The first-order chi connectivity index (χ1) is 9.16. The van der Waals surface area contributed by atoms with Crippen LogP contribution in [0.25, 0.3) is 11.0 Å². The predicted molar refractivity (Wildman–Crippen MR) is 71.2 cm³/mol. The first kappa shape index (κ1) is 12.0. The summed E-state index contributed by atoms with van der Waals surface area (Å²) in [6.45, 7) is 1.95. The Labute approximate surface area is 110 Å². The smallest absolute Gasteiger partial charge is 0.408 e. The molecule has 0 radical (unpaired) electrons. The molecule has 0 bridgehead atoms. The fourth-order valence-electron chi connectivity index (χ4n) is 2.64. The van der Waals surface area contributed by atoms with Crippen LogP contribution in [0, 0.1) is 0 Å². The van der Waals surface area contributed by atoms with Crippen molar-refractivity contribution in [2.24, 2.45) is 12.8 Å². The van der Waals surface area contributed by atoms with Crippen LogP contribution in [0.15, 0.2) is 18.2 Å². The molecule has 2 heterocycles. The van der Waals surface area contributed by atoms with E-state index in [9.17, 15) is 4.79 Å². The van der Waals surface area contributed by atoms with Gasteiger partial charge in [0.25, 0.3) is 0 Å². The number of carbonyl (C=O) groups excluding carboxylic acids is 1. The molecule has 19 heavy (non-hydrogen) atoms. The molecule has 1 unspecified atom stereocenters. The van der Waals surface area contributed by atoms with Crippen molar-refractivity contribution >= 4 is 17.1 Å². The highest BCUT2D eigenvalue weighted by atomic mass is 16.5. The van der Waals surface area contributed by atoms with Crippen LogP contribution >= 0.6 is 0 Å². The van der Waals surface area contributed by atoms with Crippen molar-refractivity contribution in [3.8, 4) is 5.75 Å². The van der Waals surface area contributed by atoms with E-state index < -0.39 is 6.09 Å². The van der Waals surface area contributed by atoms with E-state index in [-0.39, 0.29) is 0 Å². The number of nitrogens with one attached hydrogen (secondary N) is 1. The van der Waals surface area contributed by atoms with E-state index in [1.54, 1.807) is 6.07 Å². The number of amides is 1. The second-order valence-electron chi connectivity index (χ2n) is 4.76. The van der Waals surface area contributed by atoms with Gasteiger partial charge in [-0.3, -0.25) is 0 Å². The van der Waals surface area contributed by atoms with Gasteiger partial charge in [-0.2, -0.15) is 0 Å². The number of carbonyl (C=O) groups is 1. The fourth-order valence-corrected chi connectivity index (χ4v) is 2.64. The first-order valence-electron chi connectivity index (χ1n) is 6.30. The van der Waals surface area contributed by atoms with Crippen molar-refractivity contribution in [3.63, 3.8) is 0 Å². The zero-order valence-electron chi connectivity index (χ0n) is 10.7. The largest absolute Gasteiger partial charge is 0.410 e. The van der Waals surface area contributed by atoms with Gasteiger partial charge < -0.3 is 20.4 Å². The Morgan fingerprint density at radius 1 is 1.58 bits per heavy atom. The zero-order chi connectivity index (χ0) is 13.4. The van der Waals surface area contributed by atoms with Gasteiger partial charge in [-0.15, -0.1) is 0 Å². The summed E-state index contributed by atoms with van der Waals surface area (Å²) in [5.74, 6) is 1.83. The van der Waals surface area contributed by atoms with E-state index in [0.29, 0.717) is 17.2 Å². The highest BCUT2D eigenvalue weighted by Crippen LogP contribution is 2.30. The van der Waals surface area contributed by atoms with E-state index in [0.717, 1.165) is 30.9 Å². The molecule has 3 N–H and O–H groups in total. The monoisotopic (exact) mass is 260 g/mol. The number of hydrogen-bond donors (Lipinski definition) is 2. The zero-order valence-corrected chi connectivity index (χ0v) is 10.7. The van der Waals surface area contributed by atoms with Crippen LogP contribution in [-0.4, -0.2) is 28.7 Å². The van der Waals surface area contributed by atoms with Crippen molar-refractivity contribution in [2.45, 2.75) is 12.3 Å². The molecular weight excluding hydrogens is 244 g/mol. The minimum atomic E-state index is -0.817. The molecule has 1 aromatic carbocycles. The first-order valence-corrected chi connectivity index (χ1v) is 6.30. The Hall–Kier alpha value is -2.08. The molecule has 1 aliphatic rings. The Balaban J connectivity index is 2.11. The SMILES string of the molecule is Cn1c(C2CCNC2)nc2c(OC(N)=O)cccc21. The molecule has 1 aliphatic heterocycles. The molecule has 100 valence electrons. The standard InChI is InChI=1S/C13H16N4O2/c1-17-9-3-2-4-10(19-13(14)18)11(9)16-12(17)8-5-6-15-7-8/h2-4,8,15H,5-7H2,1H3,(H2,14,18). The molecule has 2 aromatic rings. The topological polar surface area (TPSA) is 82.2 Å². The van der Waals surface area contributed by atoms with Crippen LogP contribution in [0.5, 0.6) is 5.75 Å². The van der Waals surface area contributed by atoms with Gasteiger partial charge in [-0.25, -0.2) is 9.78 Å². The number of rotatable bonds is 2. The van der Waals surface area contributed by atoms with Gasteiger partial charge in [0, 0.05) is 19.5 Å². The Morgan fingerprint density at radius 3 is 3.11 bits per heavy atom. The van der Waals surface area contributed by atoms with Crippen LogP contribution in [-0.2, 0) is 7.05 Å². The molecule has 1 atom stereocenters. The minimum Gasteiger partial charge on any atom is -0.408 e. The number of imidazole rings is 1. The summed E-state index contributed by atoms with van der Waals surface area (Å²) < 4.78 is 7.06. The van der Waals surface area contributed by atoms with Crippen molar-refractivity contribution in [1.29, 1.82) is 0 Å². The maximum Gasteiger partial charge on any atom is 0.410 e. The maximum atomic E-state index is 10.9. The number of benzene rings is 1. The second kappa shape index (κ2) is 4.55. The fraction of sp³-hybridized carbons (Fsp3) is 0.385. The van der Waals surface area contributed by atoms with Crippen molar-refractivity contribution in [3.05, 3.63) is 24.0 Å². The van der Waals surface area contributed by atoms with Gasteiger partial charge >= 0.3 is 6.09 Å². The maximum absolute atomic E-state index is 10.9. The normalized spacial score (nSPS) is 18.9. The Bertz CT molecular complexity index is 629. The molecule has 1 amide bonds. The summed E-state index contributed by atoms with van der Waals surface area (Å²) in [5, 5.41) is 3.33. The number of primary amides is 1. The summed E-state index contributed by atoms with van der Waals surface area (Å²) in [6.07, 6.45) is 0.255. The molecule has 1 aromatic heterocycles. The second-order valence-corrected chi connectivity index (χ2v) is 4.76. The van der Waals surface area contributed by atoms with Crippen LogP contribution in [0.4, 0.5) is 4.79 Å². The number of hydrogen-bond acceptors (Lipinski definition) is 4. The van der Waals surface area contributed by atoms with Gasteiger partial charge in [-0.05, 0) is 25.1 Å². The third-order valence-electron chi connectivity index (χ3n) is 3.55. The molecule has 0 saturated carbocycles. The summed E-state index contributed by atoms with van der Waals surface area (Å²) in [7, 11) is 1.98. The number of nitrogens with zero attached hydrogens (tertiary/aromatic N) is 2. The quantitative estimate of drug-likeness (QED) is 0.847. The molecule has 1 saturated heterocycles. The number of aryl methyl sites for hydroxylation is 1. The minimum absolute atomic E-state index is 0.402. The third kappa shape index (κ3) is 2.04. The van der Waals surface area contributed by atoms with Crippen LogP contribution in [0.2, 0.25) is 0 Å². The van der Waals surface area contributed by atoms with E-state index in [1.807, 2.05) is 19.2 Å². The molecule has 0 spiro atoms. The molecule has 3 rings (SSSR count). The van der Waals surface area contributed by atoms with Crippen LogP contribution in [0.3, 0.4) is 0 Å². The molecule has 6 heteroatoms. The van der Waals surface area contributed by atoms with Crippen molar-refractivity contribution in [1.82, 2.24) is 14.9 Å². The van der Waals surface area contributed by atoms with Gasteiger partial charge in [-0.1, -0.05) is 6.07 Å². The number of fused-ring (bicyclic) bond motifs is 1. The average Bonchev–Trinajstić information content (AvgIpc) is 2.98. The highest BCUT2D eigenvalue weighted by molar-refractivity contribution is 5.85. The van der Waals surface area contributed by atoms with Gasteiger partial charge in [0.1, 0.15) is 11.3 Å². The van der Waals surface area contributed by atoms with E-state index in [4.69, 9.17) is 10.5 Å². The van der Waals surface area contributed by atoms with Crippen molar-refractivity contribution in [2.75, 3.05) is 13.1 Å². The number of aromatic nitrogens is 2. The van der Waals surface area contributed by atoms with E-state index in [1.165, 1.54) is 0 Å². The number of ether oxygens (including phenoxy) is 1. The molecule has 0 aliphatic carbocycles. The molecule has 1 fully saturated rings. The predicted octanol–water partition coefficient (Wildman–Crippen LogP) is 1.11. The molecule has 6 nitrogen and oxygen atoms in total. The lowest BCUT2D eigenvalue weighted by Crippen LogP contribution is -2.16. The van der Waals surface area contributed by atoms with Crippen molar-refractivity contribution < 1.29 is 9.53 Å². The summed E-state index contributed by atoms with van der Waals surface area (Å²) in [4.78, 5) is 15.6. The van der Waals surface area contributed by atoms with Gasteiger partial charge in [0.05, 0.1) is 5.52 Å². The van der Waals surface area contributed by atoms with Crippen LogP contribution < -0.4 is 15.8 Å². The summed E-state index contributed by atoms with van der Waals surface area (Å²) in [5.41, 5.74) is 6.71. The number of para-hydroxylation sites is 1. The Morgan fingerprint density at radius 2 is 2.42 bits per heavy atom. The summed E-state index contributed by atoms with van der Waals surface area (Å²) in [6, 6.07) is 5.50. The lowest BCUT2D eigenvalue weighted by Gasteiger charge is -2.07. The highest BCUT2D eigenvalue weighted by Gasteiger charge is 2.23. The summed E-state index contributed by atoms with van der Waals surface area (Å²) >= 11 is 0. The average molecular weight is 260 g/mol. The third-order valence-corrected chi connectivity index (χ3v) is 3.55. The number of nitrogens with two attached hydrogens (primary N) is 1. The Kier molecular flexibility index (Phi) is 2.87. The lowest BCUT2D eigenvalue weighted by atomic mass is 10.1. The van der Waals surface area contributed by atoms with E-state index in [2.05, 4.69) is 14.9 Å².